The molecule has 4 heterocycles. The summed E-state index contributed by atoms with van der Waals surface area (Å²) < 4.78 is 48.8. The maximum absolute atomic E-state index is 11.6. The van der Waals surface area contributed by atoms with Crippen LogP contribution >= 0.6 is 11.6 Å². The number of hydrogen-bond donors (Lipinski definition) is 3. The van der Waals surface area contributed by atoms with E-state index in [0.29, 0.717) is 56.1 Å². The molecule has 5 N–H and O–H groups in total. The van der Waals surface area contributed by atoms with Crippen LogP contribution in [0.15, 0.2) is 48.6 Å². The second-order valence-electron chi connectivity index (χ2n) is 9.71. The Kier molecular flexibility index (Phi) is 9.47. The van der Waals surface area contributed by atoms with Gasteiger partial charge in [-0.05, 0) is 48.3 Å². The lowest BCUT2D eigenvalue weighted by molar-refractivity contribution is 0.445. The first-order valence-corrected chi connectivity index (χ1v) is 16.8. The van der Waals surface area contributed by atoms with Crippen molar-refractivity contribution in [2.24, 2.45) is 0 Å². The number of benzene rings is 1. The summed E-state index contributed by atoms with van der Waals surface area (Å²) in [4.78, 5) is 0. The van der Waals surface area contributed by atoms with Crippen molar-refractivity contribution in [3.63, 3.8) is 0 Å². The van der Waals surface area contributed by atoms with E-state index < -0.39 is 20.0 Å². The Labute approximate surface area is 249 Å². The second kappa shape index (κ2) is 12.7. The average molecular weight is 635 g/mol. The summed E-state index contributed by atoms with van der Waals surface area (Å²) in [5.41, 5.74) is 16.1. The number of halogens is 1. The van der Waals surface area contributed by atoms with Gasteiger partial charge in [-0.2, -0.15) is 8.61 Å². The van der Waals surface area contributed by atoms with Crippen molar-refractivity contribution in [3.8, 4) is 17.0 Å². The number of hydrogen-bond acceptors (Lipinski definition) is 11. The first-order valence-electron chi connectivity index (χ1n) is 12.7. The van der Waals surface area contributed by atoms with Crippen LogP contribution in [0.2, 0.25) is 5.15 Å². The molecule has 0 radical (unpaired) electrons. The van der Waals surface area contributed by atoms with Gasteiger partial charge in [0.25, 0.3) is 0 Å². The number of nitrogens with zero attached hydrogens (tertiary/aromatic N) is 6. The van der Waals surface area contributed by atoms with E-state index in [1.165, 1.54) is 21.1 Å². The molecule has 0 spiro atoms. The third kappa shape index (κ3) is 7.60. The SMILES string of the molecule is CS(=O)(=O)N1CC=C(c2cc(-c3ccccc3O)nnc2N)CC1.CS(=O)(=O)N1CC=C(c2cc(Cl)nnc2N)CC1. The van der Waals surface area contributed by atoms with Crippen molar-refractivity contribution >= 4 is 54.4 Å². The van der Waals surface area contributed by atoms with E-state index in [1.807, 2.05) is 12.2 Å². The molecule has 0 amide bonds. The van der Waals surface area contributed by atoms with Crippen molar-refractivity contribution in [2.75, 3.05) is 50.2 Å². The molecule has 5 rings (SSSR count). The smallest absolute Gasteiger partial charge is 0.211 e. The van der Waals surface area contributed by atoms with Crippen LogP contribution in [0.25, 0.3) is 22.4 Å². The van der Waals surface area contributed by atoms with Gasteiger partial charge in [-0.3, -0.25) is 0 Å². The highest BCUT2D eigenvalue weighted by Crippen LogP contribution is 2.32. The highest BCUT2D eigenvalue weighted by molar-refractivity contribution is 7.88. The molecule has 1 aromatic carbocycles. The fourth-order valence-corrected chi connectivity index (χ4v) is 6.19. The summed E-state index contributed by atoms with van der Waals surface area (Å²) >= 11 is 5.77. The fourth-order valence-electron chi connectivity index (χ4n) is 4.51. The number of aromatic nitrogens is 4. The lowest BCUT2D eigenvalue weighted by atomic mass is 9.99. The molecule has 2 aliphatic heterocycles. The van der Waals surface area contributed by atoms with Gasteiger partial charge in [-0.15, -0.1) is 20.4 Å². The molecule has 224 valence electrons. The number of sulfonamides is 2. The lowest BCUT2D eigenvalue weighted by Crippen LogP contribution is -2.33. The van der Waals surface area contributed by atoms with Crippen LogP contribution in [-0.2, 0) is 20.0 Å². The van der Waals surface area contributed by atoms with Gasteiger partial charge in [0.1, 0.15) is 5.75 Å². The Morgan fingerprint density at radius 3 is 1.74 bits per heavy atom. The number of anilines is 2. The van der Waals surface area contributed by atoms with Gasteiger partial charge in [0.2, 0.25) is 20.0 Å². The van der Waals surface area contributed by atoms with Gasteiger partial charge >= 0.3 is 0 Å². The highest BCUT2D eigenvalue weighted by Gasteiger charge is 2.23. The van der Waals surface area contributed by atoms with Crippen LogP contribution in [0.5, 0.6) is 5.75 Å². The normalized spacial score (nSPS) is 16.6. The summed E-state index contributed by atoms with van der Waals surface area (Å²) in [6.07, 6.45) is 7.19. The van der Waals surface area contributed by atoms with Crippen molar-refractivity contribution in [3.05, 3.63) is 64.8 Å². The molecule has 2 aromatic heterocycles. The quantitative estimate of drug-likeness (QED) is 0.372. The minimum absolute atomic E-state index is 0.114. The molecule has 0 saturated heterocycles. The van der Waals surface area contributed by atoms with E-state index in [2.05, 4.69) is 20.4 Å². The molecule has 0 saturated carbocycles. The first kappa shape index (κ1) is 31.3. The predicted octanol–water partition coefficient (Wildman–Crippen LogP) is 2.24. The van der Waals surface area contributed by atoms with Crippen LogP contribution in [0.1, 0.15) is 24.0 Å². The van der Waals surface area contributed by atoms with Gasteiger partial charge in [0.15, 0.2) is 16.8 Å². The van der Waals surface area contributed by atoms with Crippen LogP contribution in [0.4, 0.5) is 11.6 Å². The summed E-state index contributed by atoms with van der Waals surface area (Å²) in [6, 6.07) is 10.3. The monoisotopic (exact) mass is 634 g/mol. The number of nitrogen functional groups attached to an aromatic ring is 2. The minimum Gasteiger partial charge on any atom is -0.507 e. The van der Waals surface area contributed by atoms with E-state index >= 15 is 0 Å². The zero-order chi connectivity index (χ0) is 30.7. The molecule has 42 heavy (non-hydrogen) atoms. The molecular weight excluding hydrogens is 604 g/mol. The summed E-state index contributed by atoms with van der Waals surface area (Å²) in [5, 5.41) is 25.7. The Morgan fingerprint density at radius 2 is 1.26 bits per heavy atom. The van der Waals surface area contributed by atoms with Crippen LogP contribution in [-0.4, -0.2) is 89.6 Å². The largest absolute Gasteiger partial charge is 0.507 e. The average Bonchev–Trinajstić information content (AvgIpc) is 2.95. The van der Waals surface area contributed by atoms with E-state index in [4.69, 9.17) is 23.1 Å². The Balaban J connectivity index is 0.000000201. The Bertz CT molecular complexity index is 1760. The molecule has 13 nitrogen and oxygen atoms in total. The molecule has 3 aromatic rings. The minimum atomic E-state index is -3.20. The predicted molar refractivity (Wildman–Crippen MR) is 163 cm³/mol. The van der Waals surface area contributed by atoms with Crippen molar-refractivity contribution in [1.82, 2.24) is 29.0 Å². The van der Waals surface area contributed by atoms with E-state index in [-0.39, 0.29) is 16.7 Å². The van der Waals surface area contributed by atoms with Gasteiger partial charge < -0.3 is 16.6 Å². The Hall–Kier alpha value is -3.63. The molecule has 16 heteroatoms. The summed E-state index contributed by atoms with van der Waals surface area (Å²) in [5.74, 6) is 0.704. The van der Waals surface area contributed by atoms with E-state index in [1.54, 1.807) is 36.4 Å². The number of rotatable bonds is 5. The zero-order valence-electron chi connectivity index (χ0n) is 23.0. The molecule has 0 atom stereocenters. The number of phenols is 1. The standard InChI is InChI=1S/C16H18N4O3S.C10H13ClN4O2S/c1-24(22,23)20-8-6-11(7-9-20)13-10-14(18-19-16(13)17)12-4-2-3-5-15(12)21;1-18(16,17)15-4-2-7(3-5-15)8-6-9(11)13-14-10(8)12/h2-6,10,21H,7-9H2,1H3,(H2,17,19);2,6H,3-5H2,1H3,(H2,12,14). The molecule has 0 aliphatic carbocycles. The van der Waals surface area contributed by atoms with Gasteiger partial charge in [0, 0.05) is 42.9 Å². The van der Waals surface area contributed by atoms with E-state index in [9.17, 15) is 21.9 Å². The molecule has 0 unspecified atom stereocenters. The fraction of sp³-hybridized carbons (Fsp3) is 0.308. The second-order valence-corrected chi connectivity index (χ2v) is 14.1. The van der Waals surface area contributed by atoms with Crippen LogP contribution in [0, 0.1) is 0 Å². The summed E-state index contributed by atoms with van der Waals surface area (Å²) in [7, 11) is -6.35. The van der Waals surface area contributed by atoms with E-state index in [0.717, 1.165) is 22.3 Å². The molecule has 0 fully saturated rings. The lowest BCUT2D eigenvalue weighted by Gasteiger charge is -2.24. The third-order valence-corrected chi connectivity index (χ3v) is 9.49. The van der Waals surface area contributed by atoms with Gasteiger partial charge in [-0.1, -0.05) is 35.9 Å². The molecular formula is C26H31ClN8O5S2. The van der Waals surface area contributed by atoms with Crippen LogP contribution < -0.4 is 11.5 Å². The maximum atomic E-state index is 11.6. The summed E-state index contributed by atoms with van der Waals surface area (Å²) in [6.45, 7) is 1.48. The Morgan fingerprint density at radius 1 is 0.762 bits per heavy atom. The molecule has 2 aliphatic rings. The van der Waals surface area contributed by atoms with Gasteiger partial charge in [0.05, 0.1) is 18.2 Å². The number of para-hydroxylation sites is 1. The zero-order valence-corrected chi connectivity index (χ0v) is 25.4. The van der Waals surface area contributed by atoms with Crippen LogP contribution in [0.3, 0.4) is 0 Å². The number of nitrogens with two attached hydrogens (primary N) is 2. The van der Waals surface area contributed by atoms with Crippen molar-refractivity contribution < 1.29 is 21.9 Å². The van der Waals surface area contributed by atoms with Crippen molar-refractivity contribution in [2.45, 2.75) is 12.8 Å². The third-order valence-electron chi connectivity index (χ3n) is 6.77. The van der Waals surface area contributed by atoms with Crippen molar-refractivity contribution in [1.29, 1.82) is 0 Å². The topological polar surface area (TPSA) is 199 Å². The number of phenolic OH excluding ortho intramolecular Hbond substituents is 1. The highest BCUT2D eigenvalue weighted by atomic mass is 35.5. The number of aromatic hydroxyl groups is 1. The maximum Gasteiger partial charge on any atom is 0.211 e. The molecule has 0 bridgehead atoms. The van der Waals surface area contributed by atoms with Gasteiger partial charge in [-0.25, -0.2) is 16.8 Å². The first-order chi connectivity index (χ1) is 19.7.